The zero-order valence-corrected chi connectivity index (χ0v) is 25.2. The van der Waals surface area contributed by atoms with Crippen molar-refractivity contribution in [2.45, 2.75) is 29.9 Å². The van der Waals surface area contributed by atoms with E-state index in [0.29, 0.717) is 26.2 Å². The van der Waals surface area contributed by atoms with Crippen LogP contribution >= 0.6 is 11.8 Å². The van der Waals surface area contributed by atoms with Crippen molar-refractivity contribution >= 4 is 35.1 Å². The Balaban J connectivity index is 0.00000294. The second-order valence-electron chi connectivity index (χ2n) is 9.70. The van der Waals surface area contributed by atoms with Crippen molar-refractivity contribution in [2.24, 2.45) is 5.73 Å². The SMILES string of the molecule is N=C(N)C1=CSC(CNC(=O)C2CC3(CN2C(=O)C[N-]c2ccc4c(c2)-c2ccccc2-4)OCCO3)C1.[K+]. The van der Waals surface area contributed by atoms with Crippen LogP contribution in [-0.2, 0) is 19.1 Å². The third kappa shape index (κ3) is 5.35. The van der Waals surface area contributed by atoms with Crippen molar-refractivity contribution in [1.29, 1.82) is 5.41 Å². The van der Waals surface area contributed by atoms with E-state index in [2.05, 4.69) is 22.8 Å². The Morgan fingerprint density at radius 2 is 1.84 bits per heavy atom. The molecule has 3 heterocycles. The second kappa shape index (κ2) is 11.4. The molecule has 2 aromatic carbocycles. The summed E-state index contributed by atoms with van der Waals surface area (Å²) in [4.78, 5) is 28.1. The summed E-state index contributed by atoms with van der Waals surface area (Å²) in [7, 11) is 0. The standard InChI is InChI=1S/C27H28N5O4S.K/c28-25(29)16-9-18(37-14-16)12-31-26(34)23-11-27(35-7-8-36-27)15-32(23)24(33)13-30-17-5-6-21-19-3-1-2-4-20(19)22(21)10-17;/h1-6,10,14,18,23H,7-9,11-13,15H2,(H3,28,29)(H,31,34);/q-1;+1. The number of fused-ring (bicyclic) bond motifs is 4. The number of nitrogens with zero attached hydrogens (tertiary/aromatic N) is 2. The monoisotopic (exact) mass is 557 g/mol. The number of amidine groups is 1. The van der Waals surface area contributed by atoms with Crippen LogP contribution in [0.4, 0.5) is 5.69 Å². The van der Waals surface area contributed by atoms with E-state index >= 15 is 0 Å². The average Bonchev–Trinajstić information content (AvgIpc) is 3.65. The molecule has 2 amide bonds. The normalized spacial score (nSPS) is 22.1. The van der Waals surface area contributed by atoms with Gasteiger partial charge in [-0.25, -0.2) is 0 Å². The third-order valence-corrected chi connectivity index (χ3v) is 8.47. The number of likely N-dealkylation sites (tertiary alicyclic amines) is 1. The van der Waals surface area contributed by atoms with Crippen LogP contribution in [0.25, 0.3) is 27.6 Å². The Morgan fingerprint density at radius 3 is 2.55 bits per heavy atom. The number of benzene rings is 2. The number of nitrogens with one attached hydrogen (secondary N) is 2. The van der Waals surface area contributed by atoms with Crippen LogP contribution in [-0.4, -0.2) is 72.5 Å². The predicted molar refractivity (Wildman–Crippen MR) is 143 cm³/mol. The van der Waals surface area contributed by atoms with Crippen molar-refractivity contribution in [3.63, 3.8) is 0 Å². The van der Waals surface area contributed by atoms with Crippen LogP contribution in [0.3, 0.4) is 0 Å². The predicted octanol–water partition coefficient (Wildman–Crippen LogP) is 0.129. The van der Waals surface area contributed by atoms with Crippen LogP contribution in [0.1, 0.15) is 12.8 Å². The van der Waals surface area contributed by atoms with Gasteiger partial charge >= 0.3 is 51.4 Å². The summed E-state index contributed by atoms with van der Waals surface area (Å²) in [6.07, 6.45) is 0.919. The number of amides is 2. The molecular weight excluding hydrogens is 529 g/mol. The number of ether oxygens (including phenoxy) is 2. The molecule has 3 aliphatic heterocycles. The van der Waals surface area contributed by atoms with Gasteiger partial charge in [-0.1, -0.05) is 42.5 Å². The Kier molecular flexibility index (Phi) is 8.37. The van der Waals surface area contributed by atoms with Crippen molar-refractivity contribution in [3.8, 4) is 22.3 Å². The van der Waals surface area contributed by atoms with Crippen LogP contribution in [0, 0.1) is 5.41 Å². The van der Waals surface area contributed by atoms with E-state index in [9.17, 15) is 9.59 Å². The molecule has 0 radical (unpaired) electrons. The summed E-state index contributed by atoms with van der Waals surface area (Å²) < 4.78 is 11.7. The first-order valence-corrected chi connectivity index (χ1v) is 13.3. The molecule has 0 aromatic heterocycles. The number of hydrogen-bond acceptors (Lipinski definition) is 6. The van der Waals surface area contributed by atoms with Gasteiger partial charge < -0.3 is 30.7 Å². The molecule has 11 heteroatoms. The Labute approximate surface area is 268 Å². The van der Waals surface area contributed by atoms with Gasteiger partial charge in [-0.3, -0.25) is 15.0 Å². The fourth-order valence-corrected chi connectivity index (χ4v) is 6.45. The molecule has 0 bridgehead atoms. The Morgan fingerprint density at radius 1 is 1.13 bits per heavy atom. The van der Waals surface area contributed by atoms with Crippen LogP contribution in [0.2, 0.25) is 0 Å². The van der Waals surface area contributed by atoms with Gasteiger partial charge in [0.1, 0.15) is 11.9 Å². The number of carbonyl (C=O) groups excluding carboxylic acids is 2. The van der Waals surface area contributed by atoms with E-state index < -0.39 is 11.8 Å². The van der Waals surface area contributed by atoms with Crippen molar-refractivity contribution in [3.05, 3.63) is 58.8 Å². The molecule has 0 saturated carbocycles. The number of rotatable bonds is 7. The van der Waals surface area contributed by atoms with Gasteiger partial charge in [0.15, 0.2) is 5.79 Å². The molecule has 192 valence electrons. The van der Waals surface area contributed by atoms with Crippen LogP contribution in [0.5, 0.6) is 0 Å². The molecule has 2 fully saturated rings. The molecule has 2 saturated heterocycles. The molecule has 1 spiro atoms. The quantitative estimate of drug-likeness (QED) is 0.215. The molecule has 6 rings (SSSR count). The van der Waals surface area contributed by atoms with Crippen molar-refractivity contribution < 1.29 is 70.4 Å². The van der Waals surface area contributed by atoms with Crippen molar-refractivity contribution in [1.82, 2.24) is 10.2 Å². The van der Waals surface area contributed by atoms with E-state index in [1.165, 1.54) is 16.7 Å². The average molecular weight is 558 g/mol. The maximum atomic E-state index is 13.3. The summed E-state index contributed by atoms with van der Waals surface area (Å²) in [5.41, 5.74) is 11.9. The molecule has 4 N–H and O–H groups in total. The van der Waals surface area contributed by atoms with E-state index in [1.54, 1.807) is 16.7 Å². The zero-order chi connectivity index (χ0) is 25.6. The summed E-state index contributed by atoms with van der Waals surface area (Å²) in [6, 6.07) is 13.5. The fraction of sp³-hybridized carbons (Fsp3) is 0.370. The van der Waals surface area contributed by atoms with Crippen LogP contribution < -0.4 is 62.4 Å². The smallest absolute Gasteiger partial charge is 0.677 e. The Bertz CT molecular complexity index is 1310. The van der Waals surface area contributed by atoms with E-state index in [1.807, 2.05) is 35.7 Å². The zero-order valence-electron chi connectivity index (χ0n) is 21.2. The van der Waals surface area contributed by atoms with Gasteiger partial charge in [-0.2, -0.15) is 0 Å². The van der Waals surface area contributed by atoms with Gasteiger partial charge in [-0.05, 0) is 40.6 Å². The fourth-order valence-electron chi connectivity index (χ4n) is 5.42. The first kappa shape index (κ1) is 27.8. The molecule has 2 unspecified atom stereocenters. The summed E-state index contributed by atoms with van der Waals surface area (Å²) >= 11 is 1.56. The van der Waals surface area contributed by atoms with Gasteiger partial charge in [0.25, 0.3) is 0 Å². The Hall–Kier alpha value is -1.70. The van der Waals surface area contributed by atoms with Gasteiger partial charge in [0.05, 0.1) is 19.8 Å². The molecule has 4 aliphatic rings. The molecule has 1 aliphatic carbocycles. The molecule has 38 heavy (non-hydrogen) atoms. The minimum atomic E-state index is -0.942. The number of hydrogen-bond donors (Lipinski definition) is 3. The second-order valence-corrected chi connectivity index (χ2v) is 10.9. The van der Waals surface area contributed by atoms with Gasteiger partial charge in [-0.15, -0.1) is 17.4 Å². The van der Waals surface area contributed by atoms with Crippen LogP contribution in [0.15, 0.2) is 53.4 Å². The third-order valence-electron chi connectivity index (χ3n) is 7.34. The molecule has 9 nitrogen and oxygen atoms in total. The first-order chi connectivity index (χ1) is 17.9. The number of nitrogens with two attached hydrogens (primary N) is 1. The maximum absolute atomic E-state index is 13.3. The maximum Gasteiger partial charge on any atom is 1.00 e. The van der Waals surface area contributed by atoms with Gasteiger partial charge in [0, 0.05) is 23.8 Å². The number of thioether (sulfide) groups is 1. The molecule has 2 aromatic rings. The molecule has 2 atom stereocenters. The van der Waals surface area contributed by atoms with E-state index in [-0.39, 0.29) is 93.8 Å². The summed E-state index contributed by atoms with van der Waals surface area (Å²) in [6.45, 7) is 1.44. The largest absolute Gasteiger partial charge is 1.00 e. The summed E-state index contributed by atoms with van der Waals surface area (Å²) in [5.74, 6) is -1.36. The topological polar surface area (TPSA) is 132 Å². The minimum Gasteiger partial charge on any atom is -0.677 e. The first-order valence-electron chi connectivity index (χ1n) is 12.4. The van der Waals surface area contributed by atoms with Crippen molar-refractivity contribution in [2.75, 3.05) is 32.8 Å². The number of carbonyl (C=O) groups is 2. The summed E-state index contributed by atoms with van der Waals surface area (Å²) in [5, 5.41) is 17.1. The van der Waals surface area contributed by atoms with E-state index in [4.69, 9.17) is 20.6 Å². The molecular formula is C27H28KN5O4S. The van der Waals surface area contributed by atoms with Gasteiger partial charge in [0.2, 0.25) is 11.8 Å². The van der Waals surface area contributed by atoms with E-state index in [0.717, 1.165) is 16.8 Å². The minimum absolute atomic E-state index is 0.